The molecule has 7 heteroatoms. The summed E-state index contributed by atoms with van der Waals surface area (Å²) in [5.41, 5.74) is -1.05. The fraction of sp³-hybridized carbons (Fsp3) is 0.0833. The van der Waals surface area contributed by atoms with Gasteiger partial charge in [0.25, 0.3) is 11.1 Å². The number of hydrogen-bond acceptors (Lipinski definition) is 3. The molecule has 0 saturated carbocycles. The summed E-state index contributed by atoms with van der Waals surface area (Å²) in [5.74, 6) is -1.85. The van der Waals surface area contributed by atoms with Crippen molar-refractivity contribution in [2.45, 2.75) is 6.54 Å². The SMILES string of the molecule is O=C(O)c1ccc(F)cc1Cn1[nH]c(=O)ccc1=O. The lowest BCUT2D eigenvalue weighted by Gasteiger charge is -2.08. The van der Waals surface area contributed by atoms with Crippen LogP contribution in [-0.2, 0) is 6.54 Å². The van der Waals surface area contributed by atoms with E-state index in [1.807, 2.05) is 0 Å². The highest BCUT2D eigenvalue weighted by Gasteiger charge is 2.12. The number of benzene rings is 1. The van der Waals surface area contributed by atoms with Gasteiger partial charge in [-0.25, -0.2) is 13.9 Å². The Bertz CT molecular complexity index is 748. The second-order valence-corrected chi connectivity index (χ2v) is 3.84. The van der Waals surface area contributed by atoms with Crippen LogP contribution in [0.25, 0.3) is 0 Å². The minimum absolute atomic E-state index is 0.0939. The molecule has 6 nitrogen and oxygen atoms in total. The predicted molar refractivity (Wildman–Crippen MR) is 63.8 cm³/mol. The first-order valence-electron chi connectivity index (χ1n) is 5.29. The van der Waals surface area contributed by atoms with Crippen LogP contribution in [0.4, 0.5) is 4.39 Å². The fourth-order valence-corrected chi connectivity index (χ4v) is 1.65. The molecular formula is C12H9FN2O4. The van der Waals surface area contributed by atoms with E-state index in [4.69, 9.17) is 5.11 Å². The van der Waals surface area contributed by atoms with Gasteiger partial charge in [0, 0.05) is 12.1 Å². The van der Waals surface area contributed by atoms with Crippen molar-refractivity contribution in [1.29, 1.82) is 0 Å². The first-order valence-corrected chi connectivity index (χ1v) is 5.29. The molecule has 2 aromatic rings. The van der Waals surface area contributed by atoms with Crippen molar-refractivity contribution in [2.24, 2.45) is 0 Å². The van der Waals surface area contributed by atoms with Crippen molar-refractivity contribution in [2.75, 3.05) is 0 Å². The van der Waals surface area contributed by atoms with Gasteiger partial charge in [-0.2, -0.15) is 0 Å². The zero-order valence-electron chi connectivity index (χ0n) is 9.59. The van der Waals surface area contributed by atoms with Gasteiger partial charge in [0.1, 0.15) is 5.82 Å². The minimum Gasteiger partial charge on any atom is -0.478 e. The summed E-state index contributed by atoms with van der Waals surface area (Å²) in [5, 5.41) is 11.2. The highest BCUT2D eigenvalue weighted by Crippen LogP contribution is 2.12. The molecule has 2 rings (SSSR count). The summed E-state index contributed by atoms with van der Waals surface area (Å²) in [6.07, 6.45) is 0. The van der Waals surface area contributed by atoms with E-state index in [0.717, 1.165) is 35.0 Å². The molecule has 0 amide bonds. The molecular weight excluding hydrogens is 255 g/mol. The lowest BCUT2D eigenvalue weighted by Crippen LogP contribution is -2.28. The number of carbonyl (C=O) groups is 1. The van der Waals surface area contributed by atoms with Crippen molar-refractivity contribution < 1.29 is 14.3 Å². The molecule has 0 spiro atoms. The van der Waals surface area contributed by atoms with Gasteiger partial charge >= 0.3 is 5.97 Å². The molecule has 19 heavy (non-hydrogen) atoms. The Morgan fingerprint density at radius 1 is 1.26 bits per heavy atom. The fourth-order valence-electron chi connectivity index (χ4n) is 1.65. The molecule has 98 valence electrons. The standard InChI is InChI=1S/C12H9FN2O4/c13-8-1-2-9(12(18)19)7(5-8)6-15-11(17)4-3-10(16)14-15/h1-5H,6H2,(H,14,16)(H,18,19). The molecule has 1 heterocycles. The molecule has 0 aliphatic rings. The summed E-state index contributed by atoms with van der Waals surface area (Å²) in [6, 6.07) is 5.25. The lowest BCUT2D eigenvalue weighted by atomic mass is 10.1. The zero-order chi connectivity index (χ0) is 14.0. The summed E-state index contributed by atoms with van der Waals surface area (Å²) in [4.78, 5) is 33.6. The summed E-state index contributed by atoms with van der Waals surface area (Å²) >= 11 is 0. The first-order chi connectivity index (χ1) is 8.97. The van der Waals surface area contributed by atoms with Crippen LogP contribution < -0.4 is 11.1 Å². The van der Waals surface area contributed by atoms with E-state index in [1.54, 1.807) is 0 Å². The van der Waals surface area contributed by atoms with Crippen LogP contribution in [0.1, 0.15) is 15.9 Å². The van der Waals surface area contributed by atoms with E-state index in [-0.39, 0.29) is 17.7 Å². The summed E-state index contributed by atoms with van der Waals surface area (Å²) in [7, 11) is 0. The lowest BCUT2D eigenvalue weighted by molar-refractivity contribution is 0.0695. The molecule has 0 radical (unpaired) electrons. The van der Waals surface area contributed by atoms with Gasteiger partial charge in [-0.3, -0.25) is 14.7 Å². The van der Waals surface area contributed by atoms with E-state index in [9.17, 15) is 18.8 Å². The Balaban J connectivity index is 2.51. The van der Waals surface area contributed by atoms with Crippen LogP contribution in [0.3, 0.4) is 0 Å². The smallest absolute Gasteiger partial charge is 0.336 e. The minimum atomic E-state index is -1.23. The quantitative estimate of drug-likeness (QED) is 0.840. The second-order valence-electron chi connectivity index (χ2n) is 3.84. The molecule has 0 fully saturated rings. The number of hydrogen-bond donors (Lipinski definition) is 2. The third-order valence-electron chi connectivity index (χ3n) is 2.51. The maximum absolute atomic E-state index is 13.1. The number of aromatic nitrogens is 2. The number of aromatic amines is 1. The van der Waals surface area contributed by atoms with Gasteiger partial charge in [0.2, 0.25) is 0 Å². The third kappa shape index (κ3) is 2.76. The average molecular weight is 264 g/mol. The number of carboxylic acids is 1. The number of nitrogens with zero attached hydrogens (tertiary/aromatic N) is 1. The van der Waals surface area contributed by atoms with E-state index in [1.165, 1.54) is 0 Å². The molecule has 0 saturated heterocycles. The third-order valence-corrected chi connectivity index (χ3v) is 2.51. The molecule has 2 N–H and O–H groups in total. The normalized spacial score (nSPS) is 10.4. The number of carboxylic acid groups (broad SMARTS) is 1. The van der Waals surface area contributed by atoms with Gasteiger partial charge in [-0.1, -0.05) is 0 Å². The topological polar surface area (TPSA) is 92.2 Å². The van der Waals surface area contributed by atoms with E-state index < -0.39 is 22.9 Å². The van der Waals surface area contributed by atoms with Crippen LogP contribution in [0, 0.1) is 5.82 Å². The number of nitrogens with one attached hydrogen (secondary N) is 1. The monoisotopic (exact) mass is 264 g/mol. The molecule has 1 aromatic carbocycles. The van der Waals surface area contributed by atoms with Crippen molar-refractivity contribution >= 4 is 5.97 Å². The Labute approximate surface area is 105 Å². The molecule has 1 aromatic heterocycles. The van der Waals surface area contributed by atoms with Gasteiger partial charge < -0.3 is 5.11 Å². The Morgan fingerprint density at radius 3 is 2.68 bits per heavy atom. The van der Waals surface area contributed by atoms with Crippen LogP contribution in [0.5, 0.6) is 0 Å². The molecule has 0 aliphatic heterocycles. The van der Waals surface area contributed by atoms with E-state index in [0.29, 0.717) is 0 Å². The number of H-pyrrole nitrogens is 1. The maximum Gasteiger partial charge on any atom is 0.336 e. The van der Waals surface area contributed by atoms with E-state index in [2.05, 4.69) is 5.10 Å². The van der Waals surface area contributed by atoms with Crippen molar-refractivity contribution in [3.05, 3.63) is 68.0 Å². The van der Waals surface area contributed by atoms with Gasteiger partial charge in [-0.05, 0) is 23.8 Å². The van der Waals surface area contributed by atoms with Crippen LogP contribution in [-0.4, -0.2) is 20.9 Å². The van der Waals surface area contributed by atoms with Crippen LogP contribution >= 0.6 is 0 Å². The summed E-state index contributed by atoms with van der Waals surface area (Å²) < 4.78 is 14.1. The highest BCUT2D eigenvalue weighted by atomic mass is 19.1. The molecule has 0 atom stereocenters. The number of halogens is 1. The Kier molecular flexibility index (Phi) is 3.28. The predicted octanol–water partition coefficient (Wildman–Crippen LogP) is 0.422. The summed E-state index contributed by atoms with van der Waals surface area (Å²) in [6.45, 7) is -0.228. The highest BCUT2D eigenvalue weighted by molar-refractivity contribution is 5.89. The number of aromatic carboxylic acids is 1. The van der Waals surface area contributed by atoms with Crippen LogP contribution in [0.2, 0.25) is 0 Å². The van der Waals surface area contributed by atoms with E-state index >= 15 is 0 Å². The first kappa shape index (κ1) is 12.7. The largest absolute Gasteiger partial charge is 0.478 e. The maximum atomic E-state index is 13.1. The average Bonchev–Trinajstić information content (AvgIpc) is 2.33. The van der Waals surface area contributed by atoms with Gasteiger partial charge in [0.15, 0.2) is 0 Å². The second kappa shape index (κ2) is 4.89. The molecule has 0 unspecified atom stereocenters. The molecule has 0 aliphatic carbocycles. The van der Waals surface area contributed by atoms with Gasteiger partial charge in [-0.15, -0.1) is 0 Å². The zero-order valence-corrected chi connectivity index (χ0v) is 9.59. The van der Waals surface area contributed by atoms with Crippen LogP contribution in [0.15, 0.2) is 39.9 Å². The number of rotatable bonds is 3. The Morgan fingerprint density at radius 2 is 2.00 bits per heavy atom. The Hall–Kier alpha value is -2.70. The van der Waals surface area contributed by atoms with Crippen molar-refractivity contribution in [3.63, 3.8) is 0 Å². The van der Waals surface area contributed by atoms with Crippen molar-refractivity contribution in [1.82, 2.24) is 9.78 Å². The van der Waals surface area contributed by atoms with Crippen molar-refractivity contribution in [3.8, 4) is 0 Å². The molecule has 0 bridgehead atoms. The van der Waals surface area contributed by atoms with Gasteiger partial charge in [0.05, 0.1) is 12.1 Å².